The molecule has 0 spiro atoms. The number of hydrogen-bond acceptors (Lipinski definition) is 5. The zero-order valence-electron chi connectivity index (χ0n) is 12.9. The van der Waals surface area contributed by atoms with Crippen molar-refractivity contribution in [2.24, 2.45) is 5.73 Å². The highest BCUT2D eigenvalue weighted by Gasteiger charge is 2.26. The van der Waals surface area contributed by atoms with E-state index in [1.807, 2.05) is 0 Å². The second-order valence-electron chi connectivity index (χ2n) is 4.87. The molecule has 1 rings (SSSR count). The summed E-state index contributed by atoms with van der Waals surface area (Å²) in [6, 6.07) is 4.91. The summed E-state index contributed by atoms with van der Waals surface area (Å²) in [5.41, 5.74) is 5.48. The Morgan fingerprint density at radius 1 is 1.05 bits per heavy atom. The SMILES string of the molecule is CC(CN)N(C)S(=O)(=O)c1cccc(S(=O)(=O)N(C)C)c1.Cl. The van der Waals surface area contributed by atoms with E-state index in [4.69, 9.17) is 5.73 Å². The van der Waals surface area contributed by atoms with E-state index < -0.39 is 20.0 Å². The van der Waals surface area contributed by atoms with Gasteiger partial charge in [0.1, 0.15) is 0 Å². The van der Waals surface area contributed by atoms with Crippen molar-refractivity contribution in [3.8, 4) is 0 Å². The minimum absolute atomic E-state index is 0. The standard InChI is InChI=1S/C12H21N3O4S2.ClH/c1-10(9-13)15(4)21(18,19)12-7-5-6-11(8-12)20(16,17)14(2)3;/h5-8,10H,9,13H2,1-4H3;1H. The van der Waals surface area contributed by atoms with E-state index in [1.165, 1.54) is 39.3 Å². The first-order valence-corrected chi connectivity index (χ1v) is 9.14. The Labute approximate surface area is 138 Å². The lowest BCUT2D eigenvalue weighted by Gasteiger charge is -2.23. The average molecular weight is 372 g/mol. The van der Waals surface area contributed by atoms with Crippen LogP contribution in [0.25, 0.3) is 0 Å². The van der Waals surface area contributed by atoms with Crippen molar-refractivity contribution in [1.29, 1.82) is 0 Å². The number of hydrogen-bond donors (Lipinski definition) is 1. The Hall–Kier alpha value is -0.710. The molecule has 0 amide bonds. The molecule has 1 aromatic carbocycles. The molecule has 0 saturated carbocycles. The summed E-state index contributed by atoms with van der Waals surface area (Å²) >= 11 is 0. The van der Waals surface area contributed by atoms with Crippen LogP contribution in [-0.4, -0.2) is 59.2 Å². The number of likely N-dealkylation sites (N-methyl/N-ethyl adjacent to an activating group) is 1. The Balaban J connectivity index is 0.00000441. The lowest BCUT2D eigenvalue weighted by atomic mass is 10.4. The van der Waals surface area contributed by atoms with E-state index in [0.29, 0.717) is 0 Å². The Morgan fingerprint density at radius 2 is 1.50 bits per heavy atom. The highest BCUT2D eigenvalue weighted by atomic mass is 35.5. The molecular weight excluding hydrogens is 350 g/mol. The molecule has 0 saturated heterocycles. The molecule has 2 N–H and O–H groups in total. The summed E-state index contributed by atoms with van der Waals surface area (Å²) in [4.78, 5) is -0.143. The number of benzene rings is 1. The quantitative estimate of drug-likeness (QED) is 0.776. The van der Waals surface area contributed by atoms with Gasteiger partial charge in [0.25, 0.3) is 0 Å². The second-order valence-corrected chi connectivity index (χ2v) is 9.02. The van der Waals surface area contributed by atoms with Crippen molar-refractivity contribution in [1.82, 2.24) is 8.61 Å². The van der Waals surface area contributed by atoms with Gasteiger partial charge in [-0.1, -0.05) is 6.07 Å². The van der Waals surface area contributed by atoms with Gasteiger partial charge in [-0.15, -0.1) is 12.4 Å². The summed E-state index contributed by atoms with van der Waals surface area (Å²) in [6.45, 7) is 1.85. The fourth-order valence-corrected chi connectivity index (χ4v) is 4.00. The maximum absolute atomic E-state index is 12.4. The molecule has 0 aromatic heterocycles. The van der Waals surface area contributed by atoms with Crippen LogP contribution in [0.15, 0.2) is 34.1 Å². The van der Waals surface area contributed by atoms with Gasteiger partial charge in [0.2, 0.25) is 20.0 Å². The third-order valence-corrected chi connectivity index (χ3v) is 7.00. The maximum atomic E-state index is 12.4. The maximum Gasteiger partial charge on any atom is 0.243 e. The van der Waals surface area contributed by atoms with E-state index in [-0.39, 0.29) is 34.8 Å². The van der Waals surface area contributed by atoms with E-state index >= 15 is 0 Å². The third-order valence-electron chi connectivity index (χ3n) is 3.22. The van der Waals surface area contributed by atoms with E-state index in [9.17, 15) is 16.8 Å². The Bertz CT molecular complexity index is 705. The molecule has 22 heavy (non-hydrogen) atoms. The van der Waals surface area contributed by atoms with Crippen LogP contribution < -0.4 is 5.73 Å². The van der Waals surface area contributed by atoms with Gasteiger partial charge in [0.15, 0.2) is 0 Å². The van der Waals surface area contributed by atoms with Crippen molar-refractivity contribution in [3.05, 3.63) is 24.3 Å². The molecule has 0 aliphatic carbocycles. The molecule has 0 radical (unpaired) electrons. The largest absolute Gasteiger partial charge is 0.329 e. The van der Waals surface area contributed by atoms with Gasteiger partial charge in [0.05, 0.1) is 9.79 Å². The number of halogens is 1. The molecule has 128 valence electrons. The molecule has 0 aliphatic heterocycles. The molecule has 0 heterocycles. The first-order chi connectivity index (χ1) is 9.55. The number of rotatable bonds is 6. The summed E-state index contributed by atoms with van der Waals surface area (Å²) in [6.07, 6.45) is 0. The first-order valence-electron chi connectivity index (χ1n) is 6.26. The lowest BCUT2D eigenvalue weighted by molar-refractivity contribution is 0.394. The Kier molecular flexibility index (Phi) is 7.46. The molecule has 7 nitrogen and oxygen atoms in total. The van der Waals surface area contributed by atoms with E-state index in [0.717, 1.165) is 14.7 Å². The highest BCUT2D eigenvalue weighted by molar-refractivity contribution is 7.90. The molecule has 10 heteroatoms. The van der Waals surface area contributed by atoms with Gasteiger partial charge in [-0.25, -0.2) is 21.1 Å². The smallest absolute Gasteiger partial charge is 0.243 e. The van der Waals surface area contributed by atoms with Gasteiger partial charge in [-0.05, 0) is 25.1 Å². The second kappa shape index (κ2) is 7.71. The van der Waals surface area contributed by atoms with Crippen LogP contribution in [0.1, 0.15) is 6.92 Å². The summed E-state index contributed by atoms with van der Waals surface area (Å²) in [5.74, 6) is 0. The van der Waals surface area contributed by atoms with Crippen LogP contribution in [0.4, 0.5) is 0 Å². The van der Waals surface area contributed by atoms with Gasteiger partial charge < -0.3 is 5.73 Å². The van der Waals surface area contributed by atoms with Crippen LogP contribution in [0, 0.1) is 0 Å². The van der Waals surface area contributed by atoms with Crippen molar-refractivity contribution in [3.63, 3.8) is 0 Å². The lowest BCUT2D eigenvalue weighted by Crippen LogP contribution is -2.39. The molecular formula is C12H22ClN3O4S2. The van der Waals surface area contributed by atoms with Crippen molar-refractivity contribution in [2.45, 2.75) is 22.8 Å². The van der Waals surface area contributed by atoms with Crippen LogP contribution >= 0.6 is 12.4 Å². The summed E-state index contributed by atoms with van der Waals surface area (Å²) < 4.78 is 51.2. The minimum Gasteiger partial charge on any atom is -0.329 e. The molecule has 1 atom stereocenters. The number of nitrogens with zero attached hydrogens (tertiary/aromatic N) is 2. The molecule has 0 fully saturated rings. The fraction of sp³-hybridized carbons (Fsp3) is 0.500. The first kappa shape index (κ1) is 21.3. The third kappa shape index (κ3) is 4.18. The minimum atomic E-state index is -3.79. The molecule has 0 bridgehead atoms. The monoisotopic (exact) mass is 371 g/mol. The topological polar surface area (TPSA) is 101 Å². The van der Waals surface area contributed by atoms with Crippen LogP contribution in [-0.2, 0) is 20.0 Å². The van der Waals surface area contributed by atoms with Crippen molar-refractivity contribution in [2.75, 3.05) is 27.7 Å². The van der Waals surface area contributed by atoms with Crippen LogP contribution in [0.2, 0.25) is 0 Å². The van der Waals surface area contributed by atoms with Gasteiger partial charge in [-0.2, -0.15) is 4.31 Å². The van der Waals surface area contributed by atoms with E-state index in [1.54, 1.807) is 6.92 Å². The van der Waals surface area contributed by atoms with Crippen LogP contribution in [0.5, 0.6) is 0 Å². The molecule has 0 aliphatic rings. The van der Waals surface area contributed by atoms with Crippen molar-refractivity contribution < 1.29 is 16.8 Å². The number of nitrogens with two attached hydrogens (primary N) is 1. The van der Waals surface area contributed by atoms with Gasteiger partial charge in [0, 0.05) is 33.7 Å². The van der Waals surface area contributed by atoms with Crippen molar-refractivity contribution >= 4 is 32.5 Å². The molecule has 1 aromatic rings. The summed E-state index contributed by atoms with van der Waals surface area (Å²) in [5, 5.41) is 0. The Morgan fingerprint density at radius 3 is 1.91 bits per heavy atom. The predicted octanol–water partition coefficient (Wildman–Crippen LogP) is 0.326. The number of sulfonamides is 2. The van der Waals surface area contributed by atoms with Crippen LogP contribution in [0.3, 0.4) is 0 Å². The van der Waals surface area contributed by atoms with Gasteiger partial charge in [-0.3, -0.25) is 0 Å². The fourth-order valence-electron chi connectivity index (χ4n) is 1.56. The predicted molar refractivity (Wildman–Crippen MR) is 88.0 cm³/mol. The summed E-state index contributed by atoms with van der Waals surface area (Å²) in [7, 11) is -3.28. The van der Waals surface area contributed by atoms with E-state index in [2.05, 4.69) is 0 Å². The average Bonchev–Trinajstić information content (AvgIpc) is 2.45. The molecule has 1 unspecified atom stereocenters. The highest BCUT2D eigenvalue weighted by Crippen LogP contribution is 2.21. The normalized spacial score (nSPS) is 14.0. The van der Waals surface area contributed by atoms with Gasteiger partial charge >= 0.3 is 0 Å². The zero-order valence-corrected chi connectivity index (χ0v) is 15.4. The zero-order chi connectivity index (χ0) is 16.4.